The van der Waals surface area contributed by atoms with Crippen LogP contribution in [0.1, 0.15) is 25.6 Å². The second-order valence-corrected chi connectivity index (χ2v) is 5.37. The predicted molar refractivity (Wildman–Crippen MR) is 53.9 cm³/mol. The lowest BCUT2D eigenvalue weighted by Crippen LogP contribution is -2.37. The highest BCUT2D eigenvalue weighted by Gasteiger charge is 2.23. The largest absolute Gasteiger partial charge is 0.347 e. The van der Waals surface area contributed by atoms with Crippen LogP contribution in [-0.4, -0.2) is 20.4 Å². The Morgan fingerprint density at radius 3 is 2.71 bits per heavy atom. The zero-order valence-corrected chi connectivity index (χ0v) is 9.88. The molecule has 0 aliphatic rings. The zero-order valence-electron chi connectivity index (χ0n) is 8.30. The van der Waals surface area contributed by atoms with Gasteiger partial charge >= 0.3 is 0 Å². The van der Waals surface area contributed by atoms with E-state index in [4.69, 9.17) is 4.52 Å². The van der Waals surface area contributed by atoms with E-state index in [1.807, 2.05) is 0 Å². The van der Waals surface area contributed by atoms with Crippen molar-refractivity contribution < 1.29 is 9.32 Å². The SMILES string of the molecule is Cc1nc(CNC(=O)C(C)(C)Br)no1. The van der Waals surface area contributed by atoms with E-state index in [1.165, 1.54) is 0 Å². The summed E-state index contributed by atoms with van der Waals surface area (Å²) in [4.78, 5) is 15.4. The molecule has 14 heavy (non-hydrogen) atoms. The van der Waals surface area contributed by atoms with E-state index in [9.17, 15) is 4.79 Å². The molecule has 0 aromatic carbocycles. The van der Waals surface area contributed by atoms with E-state index < -0.39 is 4.32 Å². The topological polar surface area (TPSA) is 68.0 Å². The van der Waals surface area contributed by atoms with Crippen molar-refractivity contribution in [2.45, 2.75) is 31.6 Å². The third-order valence-electron chi connectivity index (χ3n) is 1.52. The van der Waals surface area contributed by atoms with Gasteiger partial charge in [0.1, 0.15) is 0 Å². The predicted octanol–water partition coefficient (Wildman–Crippen LogP) is 1.17. The van der Waals surface area contributed by atoms with Crippen molar-refractivity contribution in [1.29, 1.82) is 0 Å². The van der Waals surface area contributed by atoms with Crippen molar-refractivity contribution in [3.05, 3.63) is 11.7 Å². The fraction of sp³-hybridized carbons (Fsp3) is 0.625. The molecule has 0 fully saturated rings. The summed E-state index contributed by atoms with van der Waals surface area (Å²) in [5, 5.41) is 6.34. The van der Waals surface area contributed by atoms with Gasteiger partial charge in [0.15, 0.2) is 5.82 Å². The summed E-state index contributed by atoms with van der Waals surface area (Å²) < 4.78 is 4.18. The molecule has 1 aromatic rings. The molecular weight excluding hydrogens is 250 g/mol. The Balaban J connectivity index is 2.46. The van der Waals surface area contributed by atoms with E-state index in [0.29, 0.717) is 11.7 Å². The molecule has 0 saturated carbocycles. The monoisotopic (exact) mass is 261 g/mol. The highest BCUT2D eigenvalue weighted by Crippen LogP contribution is 2.15. The Hall–Kier alpha value is -0.910. The van der Waals surface area contributed by atoms with Crippen LogP contribution in [0.5, 0.6) is 0 Å². The van der Waals surface area contributed by atoms with Crippen LogP contribution < -0.4 is 5.32 Å². The highest BCUT2D eigenvalue weighted by atomic mass is 79.9. The fourth-order valence-electron chi connectivity index (χ4n) is 0.783. The first-order valence-electron chi connectivity index (χ1n) is 4.16. The summed E-state index contributed by atoms with van der Waals surface area (Å²) >= 11 is 3.25. The summed E-state index contributed by atoms with van der Waals surface area (Å²) in [7, 11) is 0. The molecule has 1 N–H and O–H groups in total. The number of carbonyl (C=O) groups excluding carboxylic acids is 1. The van der Waals surface area contributed by atoms with Crippen LogP contribution in [0.15, 0.2) is 4.52 Å². The molecule has 1 aromatic heterocycles. The molecule has 1 rings (SSSR count). The molecule has 0 saturated heterocycles. The van der Waals surface area contributed by atoms with E-state index >= 15 is 0 Å². The molecule has 0 spiro atoms. The van der Waals surface area contributed by atoms with Crippen molar-refractivity contribution >= 4 is 21.8 Å². The summed E-state index contributed by atoms with van der Waals surface area (Å²) in [6, 6.07) is 0. The molecule has 0 unspecified atom stereocenters. The first-order chi connectivity index (χ1) is 6.39. The fourth-order valence-corrected chi connectivity index (χ4v) is 0.923. The van der Waals surface area contributed by atoms with Crippen molar-refractivity contribution in [3.63, 3.8) is 0 Å². The number of carbonyl (C=O) groups is 1. The number of hydrogen-bond donors (Lipinski definition) is 1. The number of rotatable bonds is 3. The maximum absolute atomic E-state index is 11.4. The van der Waals surface area contributed by atoms with Crippen LogP contribution in [0.2, 0.25) is 0 Å². The quantitative estimate of drug-likeness (QED) is 0.830. The van der Waals surface area contributed by atoms with Crippen molar-refractivity contribution in [1.82, 2.24) is 15.5 Å². The Kier molecular flexibility index (Phi) is 3.25. The third kappa shape index (κ3) is 3.10. The average molecular weight is 262 g/mol. The van der Waals surface area contributed by atoms with Gasteiger partial charge in [0.25, 0.3) is 0 Å². The summed E-state index contributed by atoms with van der Waals surface area (Å²) in [5.74, 6) is 0.861. The molecule has 6 heteroatoms. The van der Waals surface area contributed by atoms with Gasteiger partial charge in [-0.25, -0.2) is 0 Å². The molecule has 0 radical (unpaired) electrons. The molecule has 1 amide bonds. The lowest BCUT2D eigenvalue weighted by molar-refractivity contribution is -0.122. The maximum atomic E-state index is 11.4. The Morgan fingerprint density at radius 1 is 1.64 bits per heavy atom. The second kappa shape index (κ2) is 4.08. The van der Waals surface area contributed by atoms with Crippen LogP contribution in [0.4, 0.5) is 0 Å². The second-order valence-electron chi connectivity index (χ2n) is 3.38. The van der Waals surface area contributed by atoms with Gasteiger partial charge in [-0.15, -0.1) is 0 Å². The average Bonchev–Trinajstić information content (AvgIpc) is 2.45. The van der Waals surface area contributed by atoms with Crippen LogP contribution in [-0.2, 0) is 11.3 Å². The highest BCUT2D eigenvalue weighted by molar-refractivity contribution is 9.10. The molecule has 0 atom stereocenters. The number of nitrogens with one attached hydrogen (secondary N) is 1. The lowest BCUT2D eigenvalue weighted by atomic mass is 10.2. The normalized spacial score (nSPS) is 11.4. The number of hydrogen-bond acceptors (Lipinski definition) is 4. The van der Waals surface area contributed by atoms with E-state index in [2.05, 4.69) is 31.4 Å². The number of aryl methyl sites for hydroxylation is 1. The Labute approximate surface area is 90.4 Å². The van der Waals surface area contributed by atoms with Gasteiger partial charge in [0.2, 0.25) is 11.8 Å². The van der Waals surface area contributed by atoms with Gasteiger partial charge in [-0.2, -0.15) is 4.98 Å². The molecule has 0 aliphatic heterocycles. The molecule has 1 heterocycles. The smallest absolute Gasteiger partial charge is 0.236 e. The van der Waals surface area contributed by atoms with Crippen LogP contribution in [0.3, 0.4) is 0 Å². The number of aromatic nitrogens is 2. The zero-order chi connectivity index (χ0) is 10.8. The van der Waals surface area contributed by atoms with Gasteiger partial charge in [-0.3, -0.25) is 4.79 Å². The number of alkyl halides is 1. The van der Waals surface area contributed by atoms with E-state index in [-0.39, 0.29) is 12.5 Å². The molecule has 5 nitrogen and oxygen atoms in total. The number of amides is 1. The van der Waals surface area contributed by atoms with Crippen molar-refractivity contribution in [2.75, 3.05) is 0 Å². The van der Waals surface area contributed by atoms with Crippen molar-refractivity contribution in [2.24, 2.45) is 0 Å². The van der Waals surface area contributed by atoms with Gasteiger partial charge in [0, 0.05) is 6.92 Å². The minimum Gasteiger partial charge on any atom is -0.347 e. The van der Waals surface area contributed by atoms with E-state index in [1.54, 1.807) is 20.8 Å². The van der Waals surface area contributed by atoms with Gasteiger partial charge in [-0.05, 0) is 13.8 Å². The van der Waals surface area contributed by atoms with Crippen LogP contribution >= 0.6 is 15.9 Å². The third-order valence-corrected chi connectivity index (χ3v) is 1.88. The van der Waals surface area contributed by atoms with E-state index in [0.717, 1.165) is 0 Å². The first kappa shape index (κ1) is 11.2. The Morgan fingerprint density at radius 2 is 2.29 bits per heavy atom. The maximum Gasteiger partial charge on any atom is 0.236 e. The minimum absolute atomic E-state index is 0.111. The first-order valence-corrected chi connectivity index (χ1v) is 4.95. The minimum atomic E-state index is -0.578. The summed E-state index contributed by atoms with van der Waals surface area (Å²) in [5.41, 5.74) is 0. The molecule has 0 bridgehead atoms. The van der Waals surface area contributed by atoms with Crippen LogP contribution in [0.25, 0.3) is 0 Å². The van der Waals surface area contributed by atoms with Gasteiger partial charge in [-0.1, -0.05) is 21.1 Å². The summed E-state index contributed by atoms with van der Waals surface area (Å²) in [6.45, 7) is 5.52. The van der Waals surface area contributed by atoms with Gasteiger partial charge < -0.3 is 9.84 Å². The number of nitrogens with zero attached hydrogens (tertiary/aromatic N) is 2. The lowest BCUT2D eigenvalue weighted by Gasteiger charge is -2.14. The van der Waals surface area contributed by atoms with Gasteiger partial charge in [0.05, 0.1) is 10.9 Å². The Bertz CT molecular complexity index is 330. The standard InChI is InChI=1S/C8H12BrN3O2/c1-5-11-6(12-14-5)4-10-7(13)8(2,3)9/h4H2,1-3H3,(H,10,13). The van der Waals surface area contributed by atoms with Crippen LogP contribution in [0, 0.1) is 6.92 Å². The summed E-state index contributed by atoms with van der Waals surface area (Å²) in [6.07, 6.45) is 0. The molecule has 0 aliphatic carbocycles. The molecular formula is C8H12BrN3O2. The molecule has 78 valence electrons. The van der Waals surface area contributed by atoms with Crippen molar-refractivity contribution in [3.8, 4) is 0 Å². The number of halogens is 1.